The molecule has 1 heterocycles. The van der Waals surface area contributed by atoms with Crippen molar-refractivity contribution in [3.8, 4) is 5.75 Å². The first-order valence-electron chi connectivity index (χ1n) is 10.9. The van der Waals surface area contributed by atoms with Crippen molar-refractivity contribution in [2.24, 2.45) is 0 Å². The van der Waals surface area contributed by atoms with Crippen LogP contribution in [0.1, 0.15) is 24.8 Å². The van der Waals surface area contributed by atoms with E-state index in [2.05, 4.69) is 15.4 Å². The van der Waals surface area contributed by atoms with Crippen molar-refractivity contribution < 1.29 is 27.8 Å². The van der Waals surface area contributed by atoms with E-state index in [1.54, 1.807) is 48.5 Å². The van der Waals surface area contributed by atoms with Crippen LogP contribution in [0.2, 0.25) is 0 Å². The van der Waals surface area contributed by atoms with E-state index in [0.29, 0.717) is 30.7 Å². The second-order valence-electron chi connectivity index (χ2n) is 7.96. The number of aliphatic hydroxyl groups is 1. The molecule has 0 saturated carbocycles. The molecule has 1 fully saturated rings. The number of carbonyl (C=O) groups excluding carboxylic acids is 1. The Morgan fingerprint density at radius 3 is 2.58 bits per heavy atom. The molecule has 3 atom stereocenters. The quantitative estimate of drug-likeness (QED) is 0.439. The van der Waals surface area contributed by atoms with Crippen molar-refractivity contribution in [1.29, 1.82) is 0 Å². The number of hydrogen-bond acceptors (Lipinski definition) is 6. The van der Waals surface area contributed by atoms with Gasteiger partial charge in [-0.3, -0.25) is 0 Å². The van der Waals surface area contributed by atoms with Crippen LogP contribution in [-0.2, 0) is 14.8 Å². The number of aryl methyl sites for hydroxylation is 1. The second kappa shape index (κ2) is 11.5. The summed E-state index contributed by atoms with van der Waals surface area (Å²) >= 11 is 0. The number of methoxy groups -OCH3 is 1. The number of ether oxygens (including phenoxy) is 2. The van der Waals surface area contributed by atoms with Gasteiger partial charge >= 0.3 is 6.03 Å². The number of anilines is 1. The molecule has 0 radical (unpaired) electrons. The van der Waals surface area contributed by atoms with Gasteiger partial charge < -0.3 is 25.2 Å². The predicted molar refractivity (Wildman–Crippen MR) is 125 cm³/mol. The molecule has 0 spiro atoms. The number of urea groups is 1. The number of hydrogen-bond donors (Lipinski definition) is 4. The molecule has 4 N–H and O–H groups in total. The molecule has 9 nitrogen and oxygen atoms in total. The SMILES string of the molecule is COc1ccccc1NC(=O)N[C@H]1CC[C@H](CCNS(=O)(=O)c2ccc(C)cc2)O[C@@H]1CO. The number of nitrogens with one attached hydrogen (secondary N) is 3. The molecule has 10 heteroatoms. The van der Waals surface area contributed by atoms with E-state index >= 15 is 0 Å². The van der Waals surface area contributed by atoms with Crippen molar-refractivity contribution in [3.05, 3.63) is 54.1 Å². The first-order chi connectivity index (χ1) is 15.8. The van der Waals surface area contributed by atoms with Crippen molar-refractivity contribution >= 4 is 21.7 Å². The summed E-state index contributed by atoms with van der Waals surface area (Å²) in [7, 11) is -2.07. The molecule has 180 valence electrons. The van der Waals surface area contributed by atoms with Crippen LogP contribution in [0.25, 0.3) is 0 Å². The summed E-state index contributed by atoms with van der Waals surface area (Å²) in [6.07, 6.45) is 0.878. The van der Waals surface area contributed by atoms with Crippen LogP contribution in [0, 0.1) is 6.92 Å². The summed E-state index contributed by atoms with van der Waals surface area (Å²) < 4.78 is 38.6. The topological polar surface area (TPSA) is 126 Å². The summed E-state index contributed by atoms with van der Waals surface area (Å²) in [5.74, 6) is 0.541. The number of carbonyl (C=O) groups is 1. The fourth-order valence-corrected chi connectivity index (χ4v) is 4.79. The minimum absolute atomic E-state index is 0.214. The number of amides is 2. The van der Waals surface area contributed by atoms with Crippen LogP contribution in [0.3, 0.4) is 0 Å². The molecule has 3 rings (SSSR count). The Labute approximate surface area is 194 Å². The first-order valence-corrected chi connectivity index (χ1v) is 12.3. The van der Waals surface area contributed by atoms with Gasteiger partial charge in [0.25, 0.3) is 0 Å². The van der Waals surface area contributed by atoms with Crippen LogP contribution in [0.4, 0.5) is 10.5 Å². The molecule has 1 aliphatic heterocycles. The molecule has 2 aromatic carbocycles. The minimum atomic E-state index is -3.59. The summed E-state index contributed by atoms with van der Waals surface area (Å²) in [5.41, 5.74) is 1.52. The van der Waals surface area contributed by atoms with Crippen LogP contribution >= 0.6 is 0 Å². The largest absolute Gasteiger partial charge is 0.495 e. The van der Waals surface area contributed by atoms with Crippen LogP contribution in [0.15, 0.2) is 53.4 Å². The minimum Gasteiger partial charge on any atom is -0.495 e. The maximum atomic E-state index is 12.4. The lowest BCUT2D eigenvalue weighted by Gasteiger charge is -2.36. The third kappa shape index (κ3) is 6.91. The second-order valence-corrected chi connectivity index (χ2v) is 9.73. The van der Waals surface area contributed by atoms with E-state index < -0.39 is 22.2 Å². The van der Waals surface area contributed by atoms with Gasteiger partial charge in [-0.05, 0) is 50.5 Å². The maximum absolute atomic E-state index is 12.4. The van der Waals surface area contributed by atoms with Crippen molar-refractivity contribution in [3.63, 3.8) is 0 Å². The average Bonchev–Trinajstić information content (AvgIpc) is 2.80. The van der Waals surface area contributed by atoms with E-state index in [1.807, 2.05) is 6.92 Å². The van der Waals surface area contributed by atoms with Crippen molar-refractivity contribution in [1.82, 2.24) is 10.0 Å². The smallest absolute Gasteiger partial charge is 0.319 e. The Kier molecular flexibility index (Phi) is 8.67. The number of sulfonamides is 1. The normalized spacial score (nSPS) is 20.8. The zero-order chi connectivity index (χ0) is 23.8. The van der Waals surface area contributed by atoms with Gasteiger partial charge in [0, 0.05) is 6.54 Å². The summed E-state index contributed by atoms with van der Waals surface area (Å²) in [6.45, 7) is 1.85. The van der Waals surface area contributed by atoms with E-state index in [4.69, 9.17) is 9.47 Å². The Morgan fingerprint density at radius 2 is 1.88 bits per heavy atom. The van der Waals surface area contributed by atoms with Crippen molar-refractivity contribution in [2.75, 3.05) is 25.6 Å². The Balaban J connectivity index is 1.48. The molecule has 2 aromatic rings. The lowest BCUT2D eigenvalue weighted by Crippen LogP contribution is -2.52. The standard InChI is InChI=1S/C23H31N3O6S/c1-16-7-10-18(11-8-16)33(29,30)24-14-13-17-9-12-20(22(15-27)32-17)26-23(28)25-19-5-3-4-6-21(19)31-2/h3-8,10-11,17,20,22,24,27H,9,12-15H2,1-2H3,(H2,25,26,28)/t17-,20+,22-/m1/s1. The Morgan fingerprint density at radius 1 is 1.15 bits per heavy atom. The number of rotatable bonds is 9. The van der Waals surface area contributed by atoms with Gasteiger partial charge in [-0.25, -0.2) is 17.9 Å². The summed E-state index contributed by atoms with van der Waals surface area (Å²) in [4.78, 5) is 12.7. The van der Waals surface area contributed by atoms with Crippen LogP contribution in [0.5, 0.6) is 5.75 Å². The molecular formula is C23H31N3O6S. The Hall–Kier alpha value is -2.66. The summed E-state index contributed by atoms with van der Waals surface area (Å²) in [5, 5.41) is 15.4. The van der Waals surface area contributed by atoms with E-state index in [-0.39, 0.29) is 30.2 Å². The maximum Gasteiger partial charge on any atom is 0.319 e. The number of benzene rings is 2. The molecule has 1 saturated heterocycles. The third-order valence-corrected chi connectivity index (χ3v) is 7.03. The van der Waals surface area contributed by atoms with Crippen molar-refractivity contribution in [2.45, 2.75) is 49.3 Å². The molecule has 0 bridgehead atoms. The molecule has 1 aliphatic rings. The van der Waals surface area contributed by atoms with E-state index in [0.717, 1.165) is 5.56 Å². The monoisotopic (exact) mass is 477 g/mol. The molecular weight excluding hydrogens is 446 g/mol. The van der Waals surface area contributed by atoms with Crippen LogP contribution in [-0.4, -0.2) is 58.1 Å². The fraction of sp³-hybridized carbons (Fsp3) is 0.435. The first kappa shape index (κ1) is 25.0. The highest BCUT2D eigenvalue weighted by atomic mass is 32.2. The van der Waals surface area contributed by atoms with Crippen LogP contribution < -0.4 is 20.1 Å². The van der Waals surface area contributed by atoms with Gasteiger partial charge in [-0.2, -0.15) is 0 Å². The number of aliphatic hydroxyl groups excluding tert-OH is 1. The highest BCUT2D eigenvalue weighted by Gasteiger charge is 2.32. The predicted octanol–water partition coefficient (Wildman–Crippen LogP) is 2.40. The highest BCUT2D eigenvalue weighted by Crippen LogP contribution is 2.24. The van der Waals surface area contributed by atoms with Gasteiger partial charge in [-0.15, -0.1) is 0 Å². The van der Waals surface area contributed by atoms with Gasteiger partial charge in [0.2, 0.25) is 10.0 Å². The zero-order valence-corrected chi connectivity index (χ0v) is 19.6. The van der Waals surface area contributed by atoms with Gasteiger partial charge in [0.1, 0.15) is 11.9 Å². The lowest BCUT2D eigenvalue weighted by molar-refractivity contribution is -0.0884. The lowest BCUT2D eigenvalue weighted by atomic mass is 9.97. The fourth-order valence-electron chi connectivity index (χ4n) is 3.74. The molecule has 0 aliphatic carbocycles. The third-order valence-electron chi connectivity index (χ3n) is 5.56. The van der Waals surface area contributed by atoms with E-state index in [9.17, 15) is 18.3 Å². The highest BCUT2D eigenvalue weighted by molar-refractivity contribution is 7.89. The van der Waals surface area contributed by atoms with Gasteiger partial charge in [0.15, 0.2) is 0 Å². The van der Waals surface area contributed by atoms with E-state index in [1.165, 1.54) is 7.11 Å². The van der Waals surface area contributed by atoms with Gasteiger partial charge in [0.05, 0.1) is 36.4 Å². The number of para-hydroxylation sites is 2. The molecule has 2 amide bonds. The average molecular weight is 478 g/mol. The molecule has 0 unspecified atom stereocenters. The molecule has 0 aromatic heterocycles. The zero-order valence-electron chi connectivity index (χ0n) is 18.8. The summed E-state index contributed by atoms with van der Waals surface area (Å²) in [6, 6.07) is 12.9. The Bertz CT molecular complexity index is 1030. The van der Waals surface area contributed by atoms with Gasteiger partial charge in [-0.1, -0.05) is 29.8 Å². The molecule has 33 heavy (non-hydrogen) atoms.